The molecule has 4 nitrogen and oxygen atoms in total. The van der Waals surface area contributed by atoms with Gasteiger partial charge in [-0.25, -0.2) is 9.59 Å². The normalized spacial score (nSPS) is 17.2. The first-order valence-electron chi connectivity index (χ1n) is 14.1. The van der Waals surface area contributed by atoms with E-state index >= 15 is 0 Å². The minimum absolute atomic E-state index is 0.267. The first kappa shape index (κ1) is 24.7. The Hall–Kier alpha value is -3.66. The van der Waals surface area contributed by atoms with Crippen LogP contribution in [0.2, 0.25) is 0 Å². The number of rotatable bonds is 3. The monoisotopic (exact) mass is 506 g/mol. The van der Waals surface area contributed by atoms with E-state index < -0.39 is 11.9 Å². The predicted molar refractivity (Wildman–Crippen MR) is 155 cm³/mol. The second-order valence-corrected chi connectivity index (χ2v) is 11.2. The molecule has 5 aromatic rings. The van der Waals surface area contributed by atoms with Crippen LogP contribution in [0.4, 0.5) is 0 Å². The minimum Gasteiger partial charge on any atom is -0.478 e. The third-order valence-corrected chi connectivity index (χ3v) is 9.09. The van der Waals surface area contributed by atoms with E-state index in [1.807, 2.05) is 48.5 Å². The van der Waals surface area contributed by atoms with Crippen molar-refractivity contribution in [1.82, 2.24) is 0 Å². The van der Waals surface area contributed by atoms with Crippen LogP contribution in [0.25, 0.3) is 43.1 Å². The molecule has 7 rings (SSSR count). The highest BCUT2D eigenvalue weighted by atomic mass is 16.4. The highest BCUT2D eigenvalue weighted by molar-refractivity contribution is 6.35. The topological polar surface area (TPSA) is 74.6 Å². The Bertz CT molecular complexity index is 1490. The standard InChI is InChI=1S/C22H12O4.C12H22/c23-21(24)17-9-8-16-12-4-2-6-14-18(22(25)26)10-7-15(20(12)14)11-3-1-5-13(17)19(11)16;1-3-7-11(8-4-1)12-9-5-2-6-10-12/h1-10H,(H,23,24)(H,25,26);11-12H,1-10H2. The fourth-order valence-electron chi connectivity index (χ4n) is 7.30. The summed E-state index contributed by atoms with van der Waals surface area (Å²) in [5.74, 6) is 0.357. The first-order valence-corrected chi connectivity index (χ1v) is 14.1. The number of carbonyl (C=O) groups is 2. The third kappa shape index (κ3) is 4.26. The van der Waals surface area contributed by atoms with Gasteiger partial charge in [-0.3, -0.25) is 0 Å². The lowest BCUT2D eigenvalue weighted by Gasteiger charge is -2.32. The van der Waals surface area contributed by atoms with Crippen LogP contribution < -0.4 is 0 Å². The maximum Gasteiger partial charge on any atom is 0.336 e. The van der Waals surface area contributed by atoms with E-state index in [9.17, 15) is 19.8 Å². The highest BCUT2D eigenvalue weighted by Crippen LogP contribution is 2.42. The summed E-state index contributed by atoms with van der Waals surface area (Å²) in [5, 5.41) is 26.0. The molecule has 0 amide bonds. The van der Waals surface area contributed by atoms with E-state index in [1.54, 1.807) is 37.8 Å². The van der Waals surface area contributed by atoms with Crippen molar-refractivity contribution >= 4 is 55.0 Å². The minimum atomic E-state index is -0.959. The number of carboxylic acid groups (broad SMARTS) is 2. The first-order chi connectivity index (χ1) is 18.5. The van der Waals surface area contributed by atoms with Gasteiger partial charge in [0, 0.05) is 0 Å². The van der Waals surface area contributed by atoms with Crippen LogP contribution in [0.1, 0.15) is 84.9 Å². The molecule has 2 aliphatic carbocycles. The molecule has 2 saturated carbocycles. The highest BCUT2D eigenvalue weighted by Gasteiger charge is 2.24. The van der Waals surface area contributed by atoms with Gasteiger partial charge in [0.25, 0.3) is 0 Å². The number of hydrogen-bond donors (Lipinski definition) is 2. The fourth-order valence-corrected chi connectivity index (χ4v) is 7.30. The van der Waals surface area contributed by atoms with Crippen molar-refractivity contribution in [3.05, 3.63) is 71.8 Å². The smallest absolute Gasteiger partial charge is 0.336 e. The molecule has 4 heteroatoms. The Labute approximate surface area is 222 Å². The summed E-state index contributed by atoms with van der Waals surface area (Å²) in [7, 11) is 0. The van der Waals surface area contributed by atoms with Crippen molar-refractivity contribution in [2.75, 3.05) is 0 Å². The molecule has 0 saturated heterocycles. The maximum atomic E-state index is 11.6. The molecule has 2 aliphatic rings. The van der Waals surface area contributed by atoms with E-state index in [1.165, 1.54) is 38.5 Å². The molecule has 194 valence electrons. The number of aromatic carboxylic acids is 2. The molecule has 0 unspecified atom stereocenters. The predicted octanol–water partition coefficient (Wildman–Crippen LogP) is 9.28. The second-order valence-electron chi connectivity index (χ2n) is 11.2. The molecule has 0 spiro atoms. The van der Waals surface area contributed by atoms with Gasteiger partial charge in [0.05, 0.1) is 11.1 Å². The Morgan fingerprint density at radius 2 is 0.816 bits per heavy atom. The zero-order chi connectivity index (χ0) is 26.2. The van der Waals surface area contributed by atoms with Crippen LogP contribution in [0.3, 0.4) is 0 Å². The van der Waals surface area contributed by atoms with Crippen molar-refractivity contribution < 1.29 is 19.8 Å². The van der Waals surface area contributed by atoms with E-state index in [0.29, 0.717) is 10.8 Å². The largest absolute Gasteiger partial charge is 0.478 e. The van der Waals surface area contributed by atoms with Gasteiger partial charge in [0.2, 0.25) is 0 Å². The Balaban J connectivity index is 0.000000184. The van der Waals surface area contributed by atoms with Crippen molar-refractivity contribution in [2.24, 2.45) is 11.8 Å². The molecular formula is C34H34O4. The summed E-state index contributed by atoms with van der Waals surface area (Å²) in [4.78, 5) is 23.3. The number of carboxylic acids is 2. The summed E-state index contributed by atoms with van der Waals surface area (Å²) in [6.07, 6.45) is 15.4. The Morgan fingerprint density at radius 3 is 1.18 bits per heavy atom. The second kappa shape index (κ2) is 10.2. The summed E-state index contributed by atoms with van der Waals surface area (Å²) in [6, 6.07) is 18.1. The van der Waals surface area contributed by atoms with Gasteiger partial charge in [-0.2, -0.15) is 0 Å². The van der Waals surface area contributed by atoms with E-state index in [2.05, 4.69) is 0 Å². The fraction of sp³-hybridized carbons (Fsp3) is 0.353. The van der Waals surface area contributed by atoms with Gasteiger partial charge < -0.3 is 10.2 Å². The molecule has 38 heavy (non-hydrogen) atoms. The average molecular weight is 507 g/mol. The van der Waals surface area contributed by atoms with Crippen LogP contribution in [0.5, 0.6) is 0 Å². The van der Waals surface area contributed by atoms with Crippen molar-refractivity contribution in [2.45, 2.75) is 64.2 Å². The zero-order valence-electron chi connectivity index (χ0n) is 21.7. The summed E-state index contributed by atoms with van der Waals surface area (Å²) >= 11 is 0. The molecule has 0 bridgehead atoms. The molecule has 0 heterocycles. The lowest BCUT2D eigenvalue weighted by Crippen LogP contribution is -2.20. The lowest BCUT2D eigenvalue weighted by molar-refractivity contribution is 0.0688. The van der Waals surface area contributed by atoms with Gasteiger partial charge in [-0.1, -0.05) is 113 Å². The van der Waals surface area contributed by atoms with Crippen molar-refractivity contribution in [1.29, 1.82) is 0 Å². The van der Waals surface area contributed by atoms with Crippen molar-refractivity contribution in [3.63, 3.8) is 0 Å². The van der Waals surface area contributed by atoms with Gasteiger partial charge in [0.15, 0.2) is 0 Å². The number of hydrogen-bond acceptors (Lipinski definition) is 2. The molecular weight excluding hydrogens is 472 g/mol. The van der Waals surface area contributed by atoms with Crippen LogP contribution in [-0.2, 0) is 0 Å². The van der Waals surface area contributed by atoms with E-state index in [-0.39, 0.29) is 11.1 Å². The lowest BCUT2D eigenvalue weighted by atomic mass is 9.73. The SMILES string of the molecule is C1CCC(C2CCCCC2)CC1.O=C(O)c1ccc2c3cccc4c(C(=O)O)ccc(c5cccc1c52)c43. The molecule has 2 fully saturated rings. The maximum absolute atomic E-state index is 11.6. The van der Waals surface area contributed by atoms with E-state index in [4.69, 9.17) is 0 Å². The van der Waals surface area contributed by atoms with Crippen LogP contribution in [0, 0.1) is 11.8 Å². The quantitative estimate of drug-likeness (QED) is 0.189. The molecule has 0 aliphatic heterocycles. The number of benzene rings is 5. The van der Waals surface area contributed by atoms with Gasteiger partial charge in [0.1, 0.15) is 0 Å². The van der Waals surface area contributed by atoms with Crippen LogP contribution in [-0.4, -0.2) is 22.2 Å². The molecule has 5 aromatic carbocycles. The molecule has 2 N–H and O–H groups in total. The molecule has 0 aromatic heterocycles. The van der Waals surface area contributed by atoms with E-state index in [0.717, 1.165) is 44.2 Å². The zero-order valence-corrected chi connectivity index (χ0v) is 21.7. The summed E-state index contributed by atoms with van der Waals surface area (Å²) < 4.78 is 0. The molecule has 0 radical (unpaired) electrons. The summed E-state index contributed by atoms with van der Waals surface area (Å²) in [6.45, 7) is 0. The summed E-state index contributed by atoms with van der Waals surface area (Å²) in [5.41, 5.74) is 0.534. The third-order valence-electron chi connectivity index (χ3n) is 9.09. The van der Waals surface area contributed by atoms with Crippen LogP contribution >= 0.6 is 0 Å². The van der Waals surface area contributed by atoms with Crippen LogP contribution in [0.15, 0.2) is 60.7 Å². The van der Waals surface area contributed by atoms with Crippen molar-refractivity contribution in [3.8, 4) is 0 Å². The van der Waals surface area contributed by atoms with Gasteiger partial charge in [-0.15, -0.1) is 0 Å². The molecule has 0 atom stereocenters. The Morgan fingerprint density at radius 1 is 0.474 bits per heavy atom. The average Bonchev–Trinajstić information content (AvgIpc) is 2.96. The number of fused-ring (bicyclic) bond motifs is 2. The van der Waals surface area contributed by atoms with Gasteiger partial charge >= 0.3 is 11.9 Å². The van der Waals surface area contributed by atoms with Gasteiger partial charge in [-0.05, 0) is 67.1 Å². The Kier molecular flexibility index (Phi) is 6.65.